The predicted octanol–water partition coefficient (Wildman–Crippen LogP) is 2.16. The molecule has 1 amide bonds. The summed E-state index contributed by atoms with van der Waals surface area (Å²) in [5, 5.41) is 0. The van der Waals surface area contributed by atoms with Gasteiger partial charge in [0.25, 0.3) is 5.91 Å². The van der Waals surface area contributed by atoms with Crippen molar-refractivity contribution in [3.05, 3.63) is 47.4 Å². The maximum absolute atomic E-state index is 12.3. The predicted molar refractivity (Wildman–Crippen MR) is 82.2 cm³/mol. The van der Waals surface area contributed by atoms with Crippen molar-refractivity contribution in [3.63, 3.8) is 0 Å². The first-order chi connectivity index (χ1) is 10.2. The van der Waals surface area contributed by atoms with Gasteiger partial charge in [0, 0.05) is 13.6 Å². The molecule has 2 heterocycles. The topological polar surface area (TPSA) is 77.9 Å². The number of furan rings is 1. The molecule has 0 unspecified atom stereocenters. The van der Waals surface area contributed by atoms with Crippen molar-refractivity contribution in [2.24, 2.45) is 5.73 Å². The van der Waals surface area contributed by atoms with Crippen LogP contribution in [0.15, 0.2) is 34.9 Å². The molecular weight excluding hydrogens is 308 g/mol. The molecule has 7 heteroatoms. The summed E-state index contributed by atoms with van der Waals surface area (Å²) in [4.78, 5) is 13.9. The summed E-state index contributed by atoms with van der Waals surface area (Å²) in [5.74, 6) is 1.92. The number of halogens is 1. The average molecular weight is 325 g/mol. The molecule has 6 nitrogen and oxygen atoms in total. The molecule has 2 aromatic rings. The molecule has 1 aromatic carbocycles. The quantitative estimate of drug-likeness (QED) is 0.932. The van der Waals surface area contributed by atoms with Gasteiger partial charge in [-0.1, -0.05) is 6.07 Å². The minimum absolute atomic E-state index is 0. The Kier molecular flexibility index (Phi) is 4.95. The molecule has 3 rings (SSSR count). The van der Waals surface area contributed by atoms with Crippen molar-refractivity contribution in [2.45, 2.75) is 13.1 Å². The van der Waals surface area contributed by atoms with Crippen LogP contribution in [-0.2, 0) is 13.1 Å². The van der Waals surface area contributed by atoms with Gasteiger partial charge in [-0.05, 0) is 23.8 Å². The first-order valence-electron chi connectivity index (χ1n) is 6.59. The zero-order chi connectivity index (χ0) is 14.8. The first kappa shape index (κ1) is 16.2. The first-order valence-corrected chi connectivity index (χ1v) is 6.59. The number of benzene rings is 1. The normalized spacial score (nSPS) is 11.9. The lowest BCUT2D eigenvalue weighted by molar-refractivity contribution is 0.0784. The third-order valence-corrected chi connectivity index (χ3v) is 3.31. The second-order valence-corrected chi connectivity index (χ2v) is 4.85. The molecule has 0 saturated carbocycles. The highest BCUT2D eigenvalue weighted by atomic mass is 35.5. The molecule has 2 N–H and O–H groups in total. The monoisotopic (exact) mass is 324 g/mol. The lowest BCUT2D eigenvalue weighted by Gasteiger charge is -2.16. The van der Waals surface area contributed by atoms with Gasteiger partial charge in [0.1, 0.15) is 12.0 Å². The van der Waals surface area contributed by atoms with Crippen LogP contribution in [0.1, 0.15) is 21.7 Å². The Morgan fingerprint density at radius 3 is 2.77 bits per heavy atom. The van der Waals surface area contributed by atoms with Crippen molar-refractivity contribution in [1.82, 2.24) is 4.90 Å². The van der Waals surface area contributed by atoms with Crippen molar-refractivity contribution >= 4 is 18.3 Å². The van der Waals surface area contributed by atoms with Gasteiger partial charge in [-0.3, -0.25) is 4.79 Å². The Labute approximate surface area is 134 Å². The second kappa shape index (κ2) is 6.72. The number of nitrogens with two attached hydrogens (primary N) is 1. The summed E-state index contributed by atoms with van der Waals surface area (Å²) in [6.45, 7) is 0.988. The Bertz CT molecular complexity index is 671. The van der Waals surface area contributed by atoms with Crippen LogP contribution in [0.4, 0.5) is 0 Å². The Balaban J connectivity index is 0.00000176. The average Bonchev–Trinajstić information content (AvgIpc) is 3.14. The zero-order valence-electron chi connectivity index (χ0n) is 12.1. The molecule has 0 spiro atoms. The summed E-state index contributed by atoms with van der Waals surface area (Å²) < 4.78 is 15.8. The highest BCUT2D eigenvalue weighted by molar-refractivity contribution is 5.93. The van der Waals surface area contributed by atoms with Crippen LogP contribution in [-0.4, -0.2) is 24.6 Å². The third kappa shape index (κ3) is 3.18. The third-order valence-electron chi connectivity index (χ3n) is 3.31. The maximum Gasteiger partial charge on any atom is 0.257 e. The largest absolute Gasteiger partial charge is 0.467 e. The fraction of sp³-hybridized carbons (Fsp3) is 0.267. The standard InChI is InChI=1S/C15H16N2O4.ClH/c1-17(15(18)11-5-12(6-16)19-8-11)7-10-2-3-13-14(4-10)21-9-20-13;/h2-5,8H,6-7,9,16H2,1H3;1H. The lowest BCUT2D eigenvalue weighted by Crippen LogP contribution is -2.25. The van der Waals surface area contributed by atoms with E-state index < -0.39 is 0 Å². The van der Waals surface area contributed by atoms with Gasteiger partial charge in [-0.25, -0.2) is 0 Å². The number of ether oxygens (including phenoxy) is 2. The van der Waals surface area contributed by atoms with Crippen LogP contribution in [0.5, 0.6) is 11.5 Å². The van der Waals surface area contributed by atoms with Crippen molar-refractivity contribution in [2.75, 3.05) is 13.8 Å². The summed E-state index contributed by atoms with van der Waals surface area (Å²) >= 11 is 0. The van der Waals surface area contributed by atoms with E-state index in [4.69, 9.17) is 19.6 Å². The number of hydrogen-bond acceptors (Lipinski definition) is 5. The number of carbonyl (C=O) groups is 1. The summed E-state index contributed by atoms with van der Waals surface area (Å²) in [5.41, 5.74) is 6.94. The molecule has 1 aliphatic heterocycles. The van der Waals surface area contributed by atoms with Crippen molar-refractivity contribution < 1.29 is 18.7 Å². The molecule has 1 aliphatic rings. The van der Waals surface area contributed by atoms with Crippen molar-refractivity contribution in [3.8, 4) is 11.5 Å². The number of amides is 1. The fourth-order valence-corrected chi connectivity index (χ4v) is 2.21. The van der Waals surface area contributed by atoms with Gasteiger partial charge in [0.05, 0.1) is 12.1 Å². The number of carbonyl (C=O) groups excluding carboxylic acids is 1. The fourth-order valence-electron chi connectivity index (χ4n) is 2.21. The van der Waals surface area contributed by atoms with Crippen LogP contribution in [0.2, 0.25) is 0 Å². The number of nitrogens with zero attached hydrogens (tertiary/aromatic N) is 1. The highest BCUT2D eigenvalue weighted by Crippen LogP contribution is 2.32. The molecule has 0 saturated heterocycles. The van der Waals surface area contributed by atoms with Gasteiger partial charge >= 0.3 is 0 Å². The number of hydrogen-bond donors (Lipinski definition) is 1. The van der Waals surface area contributed by atoms with E-state index in [1.54, 1.807) is 18.0 Å². The zero-order valence-corrected chi connectivity index (χ0v) is 12.9. The van der Waals surface area contributed by atoms with E-state index in [1.165, 1.54) is 6.26 Å². The van der Waals surface area contributed by atoms with E-state index in [2.05, 4.69) is 0 Å². The molecule has 118 valence electrons. The van der Waals surface area contributed by atoms with E-state index in [0.717, 1.165) is 11.3 Å². The van der Waals surface area contributed by atoms with Crippen LogP contribution in [0.25, 0.3) is 0 Å². The maximum atomic E-state index is 12.3. The summed E-state index contributed by atoms with van der Waals surface area (Å²) in [6.07, 6.45) is 1.43. The van der Waals surface area contributed by atoms with E-state index in [0.29, 0.717) is 23.6 Å². The van der Waals surface area contributed by atoms with Crippen LogP contribution in [0, 0.1) is 0 Å². The highest BCUT2D eigenvalue weighted by Gasteiger charge is 2.17. The Morgan fingerprint density at radius 1 is 1.27 bits per heavy atom. The second-order valence-electron chi connectivity index (χ2n) is 4.85. The van der Waals surface area contributed by atoms with Crippen LogP contribution < -0.4 is 15.2 Å². The Hall–Kier alpha value is -2.18. The van der Waals surface area contributed by atoms with Gasteiger partial charge in [-0.15, -0.1) is 12.4 Å². The SMILES string of the molecule is CN(Cc1ccc2c(c1)OCO2)C(=O)c1coc(CN)c1.Cl. The molecule has 0 atom stereocenters. The molecule has 0 fully saturated rings. The summed E-state index contributed by atoms with van der Waals surface area (Å²) in [6, 6.07) is 7.31. The van der Waals surface area contributed by atoms with Crippen molar-refractivity contribution in [1.29, 1.82) is 0 Å². The van der Waals surface area contributed by atoms with Crippen LogP contribution >= 0.6 is 12.4 Å². The van der Waals surface area contributed by atoms with Gasteiger partial charge in [-0.2, -0.15) is 0 Å². The molecule has 1 aromatic heterocycles. The summed E-state index contributed by atoms with van der Waals surface area (Å²) in [7, 11) is 1.74. The smallest absolute Gasteiger partial charge is 0.257 e. The Morgan fingerprint density at radius 2 is 2.05 bits per heavy atom. The van der Waals surface area contributed by atoms with Gasteiger partial charge < -0.3 is 24.5 Å². The molecule has 0 radical (unpaired) electrons. The molecular formula is C15H17ClN2O4. The minimum Gasteiger partial charge on any atom is -0.467 e. The van der Waals surface area contributed by atoms with Gasteiger partial charge in [0.2, 0.25) is 6.79 Å². The van der Waals surface area contributed by atoms with Crippen LogP contribution in [0.3, 0.4) is 0 Å². The molecule has 0 bridgehead atoms. The van der Waals surface area contributed by atoms with E-state index in [1.807, 2.05) is 18.2 Å². The van der Waals surface area contributed by atoms with E-state index in [9.17, 15) is 4.79 Å². The van der Waals surface area contributed by atoms with Gasteiger partial charge in [0.15, 0.2) is 11.5 Å². The lowest BCUT2D eigenvalue weighted by atomic mass is 10.2. The number of rotatable bonds is 4. The molecule has 22 heavy (non-hydrogen) atoms. The van der Waals surface area contributed by atoms with E-state index in [-0.39, 0.29) is 31.7 Å². The molecule has 0 aliphatic carbocycles. The van der Waals surface area contributed by atoms with E-state index >= 15 is 0 Å². The minimum atomic E-state index is -0.115. The number of fused-ring (bicyclic) bond motifs is 1.